The molecule has 1 aromatic carbocycles. The van der Waals surface area contributed by atoms with E-state index >= 15 is 0 Å². The fraction of sp³-hybridized carbons (Fsp3) is 0.217. The van der Waals surface area contributed by atoms with Crippen molar-refractivity contribution in [2.24, 2.45) is 7.05 Å². The van der Waals surface area contributed by atoms with Crippen molar-refractivity contribution >= 4 is 32.2 Å². The van der Waals surface area contributed by atoms with E-state index in [0.29, 0.717) is 17.8 Å². The molecule has 0 aliphatic carbocycles. The minimum absolute atomic E-state index is 0.168. The highest BCUT2D eigenvalue weighted by atomic mass is 32.2. The number of nitrogens with one attached hydrogen (secondary N) is 1. The third-order valence-electron chi connectivity index (χ3n) is 5.69. The van der Waals surface area contributed by atoms with Gasteiger partial charge >= 0.3 is 5.69 Å². The third-order valence-corrected chi connectivity index (χ3v) is 6.80. The number of aromatic amines is 1. The van der Waals surface area contributed by atoms with Gasteiger partial charge in [-0.2, -0.15) is 5.10 Å². The van der Waals surface area contributed by atoms with E-state index in [1.165, 1.54) is 12.5 Å². The average Bonchev–Trinajstić information content (AvgIpc) is 3.17. The van der Waals surface area contributed by atoms with E-state index in [2.05, 4.69) is 20.1 Å². The van der Waals surface area contributed by atoms with Crippen LogP contribution >= 0.6 is 0 Å². The number of fused-ring (bicyclic) bond motifs is 1. The van der Waals surface area contributed by atoms with Crippen LogP contribution < -0.4 is 15.7 Å². The molecule has 4 heterocycles. The Kier molecular flexibility index (Phi) is 5.20. The summed E-state index contributed by atoms with van der Waals surface area (Å²) in [5.41, 5.74) is 2.39. The summed E-state index contributed by atoms with van der Waals surface area (Å²) in [7, 11) is -1.78. The molecular formula is C23H23N7O3S. The number of rotatable bonds is 4. The van der Waals surface area contributed by atoms with Gasteiger partial charge in [-0.15, -0.1) is 0 Å². The molecule has 0 amide bonds. The Morgan fingerprint density at radius 3 is 2.68 bits per heavy atom. The molecule has 1 aliphatic heterocycles. The normalized spacial score (nSPS) is 16.4. The van der Waals surface area contributed by atoms with Crippen molar-refractivity contribution in [2.75, 3.05) is 16.3 Å². The van der Waals surface area contributed by atoms with Gasteiger partial charge in [0.25, 0.3) is 0 Å². The lowest BCUT2D eigenvalue weighted by Gasteiger charge is -2.43. The first-order chi connectivity index (χ1) is 16.2. The molecule has 0 radical (unpaired) electrons. The molecule has 1 N–H and O–H groups in total. The average molecular weight is 478 g/mol. The van der Waals surface area contributed by atoms with E-state index in [4.69, 9.17) is 0 Å². The van der Waals surface area contributed by atoms with Crippen molar-refractivity contribution in [1.82, 2.24) is 24.7 Å². The van der Waals surface area contributed by atoms with E-state index in [1.54, 1.807) is 36.3 Å². The maximum atomic E-state index is 12.7. The number of aromatic nitrogens is 5. The van der Waals surface area contributed by atoms with Crippen LogP contribution in [0.4, 0.5) is 11.5 Å². The molecule has 10 nitrogen and oxygen atoms in total. The topological polar surface area (TPSA) is 117 Å². The number of benzene rings is 1. The number of H-pyrrole nitrogens is 1. The first kappa shape index (κ1) is 21.8. The van der Waals surface area contributed by atoms with E-state index in [1.807, 2.05) is 47.4 Å². The van der Waals surface area contributed by atoms with Crippen LogP contribution in [0.15, 0.2) is 70.9 Å². The summed E-state index contributed by atoms with van der Waals surface area (Å²) in [6.45, 7) is 1.91. The van der Waals surface area contributed by atoms with Gasteiger partial charge in [-0.3, -0.25) is 24.7 Å². The van der Waals surface area contributed by atoms with Crippen molar-refractivity contribution in [3.63, 3.8) is 0 Å². The van der Waals surface area contributed by atoms with Gasteiger partial charge in [-0.25, -0.2) is 18.2 Å². The predicted molar refractivity (Wildman–Crippen MR) is 129 cm³/mol. The highest BCUT2D eigenvalue weighted by Crippen LogP contribution is 2.38. The highest BCUT2D eigenvalue weighted by molar-refractivity contribution is 7.91. The SMILES string of the molecule is Cc1ccc(N2C=CCC(c3cc(S(C)(=O)=O)c4nn(C)cc4c3)N2c2ccnc(=O)[nH]2)cn1. The molecule has 1 unspecified atom stereocenters. The first-order valence-corrected chi connectivity index (χ1v) is 12.5. The number of aryl methyl sites for hydroxylation is 2. The van der Waals surface area contributed by atoms with Gasteiger partial charge in [0.05, 0.1) is 22.8 Å². The van der Waals surface area contributed by atoms with Gasteiger partial charge in [0.15, 0.2) is 9.84 Å². The van der Waals surface area contributed by atoms with E-state index in [9.17, 15) is 13.2 Å². The molecule has 1 aliphatic rings. The zero-order valence-electron chi connectivity index (χ0n) is 18.9. The fourth-order valence-corrected chi connectivity index (χ4v) is 5.05. The minimum atomic E-state index is -3.54. The van der Waals surface area contributed by atoms with Crippen LogP contribution in [0.3, 0.4) is 0 Å². The van der Waals surface area contributed by atoms with Crippen molar-refractivity contribution in [2.45, 2.75) is 24.3 Å². The maximum absolute atomic E-state index is 12.7. The molecule has 0 fully saturated rings. The number of pyridine rings is 1. The summed E-state index contributed by atoms with van der Waals surface area (Å²) in [4.78, 5) is 23.2. The molecule has 34 heavy (non-hydrogen) atoms. The van der Waals surface area contributed by atoms with Crippen molar-refractivity contribution < 1.29 is 8.42 Å². The number of hydrogen-bond donors (Lipinski definition) is 1. The zero-order chi connectivity index (χ0) is 24.0. The standard InChI is InChI=1S/C23H23N7O3S/c1-15-6-7-18(13-25-15)29-10-4-5-19(30(29)21-8-9-24-23(31)26-21)16-11-17-14-28(2)27-22(17)20(12-16)34(3,32)33/h4,6-14,19H,5H2,1-3H3,(H,24,26,31). The summed E-state index contributed by atoms with van der Waals surface area (Å²) in [5, 5.41) is 8.89. The Morgan fingerprint density at radius 1 is 1.15 bits per heavy atom. The van der Waals surface area contributed by atoms with Crippen LogP contribution in [0.2, 0.25) is 0 Å². The van der Waals surface area contributed by atoms with Gasteiger partial charge < -0.3 is 0 Å². The van der Waals surface area contributed by atoms with Gasteiger partial charge in [0.2, 0.25) is 0 Å². The van der Waals surface area contributed by atoms with E-state index < -0.39 is 15.5 Å². The van der Waals surface area contributed by atoms with Crippen LogP contribution in [-0.2, 0) is 16.9 Å². The summed E-state index contributed by atoms with van der Waals surface area (Å²) >= 11 is 0. The van der Waals surface area contributed by atoms with Crippen LogP contribution in [-0.4, -0.2) is 39.4 Å². The molecule has 11 heteroatoms. The van der Waals surface area contributed by atoms with Crippen molar-refractivity contribution in [3.05, 3.63) is 82.9 Å². The molecule has 5 rings (SSSR count). The molecule has 4 aromatic rings. The van der Waals surface area contributed by atoms with E-state index in [0.717, 1.165) is 22.3 Å². The van der Waals surface area contributed by atoms with Gasteiger partial charge in [0, 0.05) is 43.0 Å². The quantitative estimate of drug-likeness (QED) is 0.477. The number of hydrazine groups is 1. The summed E-state index contributed by atoms with van der Waals surface area (Å²) in [5.74, 6) is 0.516. The lowest BCUT2D eigenvalue weighted by molar-refractivity contribution is 0.593. The molecule has 0 spiro atoms. The first-order valence-electron chi connectivity index (χ1n) is 10.6. The summed E-state index contributed by atoms with van der Waals surface area (Å²) in [6.07, 6.45) is 10.7. The third kappa shape index (κ3) is 3.94. The Hall–Kier alpha value is -3.99. The zero-order valence-corrected chi connectivity index (χ0v) is 19.7. The van der Waals surface area contributed by atoms with Crippen LogP contribution in [0, 0.1) is 6.92 Å². The number of nitrogens with zero attached hydrogens (tertiary/aromatic N) is 6. The molecule has 1 atom stereocenters. The van der Waals surface area contributed by atoms with E-state index in [-0.39, 0.29) is 10.9 Å². The van der Waals surface area contributed by atoms with Gasteiger partial charge in [-0.05, 0) is 49.2 Å². The Morgan fingerprint density at radius 2 is 1.97 bits per heavy atom. The second-order valence-corrected chi connectivity index (χ2v) is 10.3. The monoisotopic (exact) mass is 477 g/mol. The molecule has 0 saturated carbocycles. The second kappa shape index (κ2) is 8.10. The highest BCUT2D eigenvalue weighted by Gasteiger charge is 2.31. The lowest BCUT2D eigenvalue weighted by atomic mass is 10.00. The number of anilines is 2. The van der Waals surface area contributed by atoms with Crippen LogP contribution in [0.1, 0.15) is 23.7 Å². The Bertz CT molecular complexity index is 1570. The molecule has 0 bridgehead atoms. The largest absolute Gasteiger partial charge is 0.346 e. The van der Waals surface area contributed by atoms with Gasteiger partial charge in [-0.1, -0.05) is 6.08 Å². The Balaban J connectivity index is 1.72. The lowest BCUT2D eigenvalue weighted by Crippen LogP contribution is -2.45. The smallest absolute Gasteiger partial charge is 0.291 e. The van der Waals surface area contributed by atoms with Crippen molar-refractivity contribution in [1.29, 1.82) is 0 Å². The maximum Gasteiger partial charge on any atom is 0.346 e. The number of hydrogen-bond acceptors (Lipinski definition) is 8. The van der Waals surface area contributed by atoms with Crippen LogP contribution in [0.25, 0.3) is 10.9 Å². The molecule has 174 valence electrons. The number of sulfone groups is 1. The second-order valence-electron chi connectivity index (χ2n) is 8.28. The molecular weight excluding hydrogens is 454 g/mol. The van der Waals surface area contributed by atoms with Gasteiger partial charge in [0.1, 0.15) is 11.3 Å². The fourth-order valence-electron chi connectivity index (χ4n) is 4.19. The summed E-state index contributed by atoms with van der Waals surface area (Å²) in [6, 6.07) is 8.85. The Labute approximate surface area is 196 Å². The molecule has 3 aromatic heterocycles. The predicted octanol–water partition coefficient (Wildman–Crippen LogP) is 2.65. The van der Waals surface area contributed by atoms with Crippen molar-refractivity contribution in [3.8, 4) is 0 Å². The minimum Gasteiger partial charge on any atom is -0.291 e. The van der Waals surface area contributed by atoms with Crippen LogP contribution in [0.5, 0.6) is 0 Å². The molecule has 0 saturated heterocycles. The summed E-state index contributed by atoms with van der Waals surface area (Å²) < 4.78 is 26.9.